The van der Waals surface area contributed by atoms with Gasteiger partial charge < -0.3 is 5.73 Å². The molecule has 0 amide bonds. The average molecular weight is 233 g/mol. The highest BCUT2D eigenvalue weighted by molar-refractivity contribution is 5.10. The van der Waals surface area contributed by atoms with Crippen LogP contribution in [0.2, 0.25) is 0 Å². The van der Waals surface area contributed by atoms with Crippen LogP contribution in [0.1, 0.15) is 17.9 Å². The zero-order valence-corrected chi connectivity index (χ0v) is 8.29. The largest absolute Gasteiger partial charge is 0.433 e. The summed E-state index contributed by atoms with van der Waals surface area (Å²) in [5.74, 6) is 0.168. The Bertz CT molecular complexity index is 466. The molecule has 2 heterocycles. The van der Waals surface area contributed by atoms with Crippen molar-refractivity contribution in [2.45, 2.75) is 31.6 Å². The Hall–Kier alpha value is -1.37. The van der Waals surface area contributed by atoms with E-state index in [9.17, 15) is 18.0 Å². The van der Waals surface area contributed by atoms with Crippen LogP contribution in [0.5, 0.6) is 0 Å². The summed E-state index contributed by atoms with van der Waals surface area (Å²) in [6, 6.07) is 0.324. The molecule has 0 saturated heterocycles. The number of aromatic nitrogens is 2. The minimum absolute atomic E-state index is 0.168. The van der Waals surface area contributed by atoms with Gasteiger partial charge in [0.2, 0.25) is 0 Å². The Morgan fingerprint density at radius 2 is 2.19 bits per heavy atom. The number of rotatable bonds is 0. The summed E-state index contributed by atoms with van der Waals surface area (Å²) in [5, 5.41) is 0. The smallest absolute Gasteiger partial charge is 0.326 e. The van der Waals surface area contributed by atoms with Crippen LogP contribution in [-0.4, -0.2) is 15.6 Å². The normalized spacial score (nSPS) is 20.6. The lowest BCUT2D eigenvalue weighted by Gasteiger charge is -2.23. The van der Waals surface area contributed by atoms with Gasteiger partial charge in [-0.1, -0.05) is 0 Å². The molecule has 0 fully saturated rings. The second-order valence-electron chi connectivity index (χ2n) is 3.80. The third-order valence-electron chi connectivity index (χ3n) is 2.53. The molecular weight excluding hydrogens is 223 g/mol. The molecule has 0 aromatic carbocycles. The van der Waals surface area contributed by atoms with Crippen molar-refractivity contribution in [2.24, 2.45) is 5.73 Å². The van der Waals surface area contributed by atoms with Gasteiger partial charge in [0.25, 0.3) is 5.56 Å². The molecular formula is C9H10F3N3O. The van der Waals surface area contributed by atoms with E-state index in [1.54, 1.807) is 0 Å². The summed E-state index contributed by atoms with van der Waals surface area (Å²) in [6.07, 6.45) is -3.72. The van der Waals surface area contributed by atoms with Gasteiger partial charge >= 0.3 is 6.18 Å². The van der Waals surface area contributed by atoms with Crippen LogP contribution in [0.4, 0.5) is 13.2 Å². The van der Waals surface area contributed by atoms with Crippen LogP contribution in [-0.2, 0) is 19.1 Å². The van der Waals surface area contributed by atoms with Crippen molar-refractivity contribution < 1.29 is 13.2 Å². The highest BCUT2D eigenvalue weighted by Crippen LogP contribution is 2.27. The molecule has 1 aliphatic rings. The lowest BCUT2D eigenvalue weighted by molar-refractivity contribution is -0.141. The highest BCUT2D eigenvalue weighted by Gasteiger charge is 2.34. The molecule has 88 valence electrons. The molecule has 0 saturated carbocycles. The average Bonchev–Trinajstić information content (AvgIpc) is 2.17. The molecule has 0 radical (unpaired) electrons. The number of aryl methyl sites for hydroxylation is 1. The first-order chi connectivity index (χ1) is 7.38. The quantitative estimate of drug-likeness (QED) is 0.711. The third-order valence-corrected chi connectivity index (χ3v) is 2.53. The minimum Gasteiger partial charge on any atom is -0.326 e. The van der Waals surface area contributed by atoms with Crippen molar-refractivity contribution in [1.82, 2.24) is 9.55 Å². The van der Waals surface area contributed by atoms with E-state index in [-0.39, 0.29) is 18.4 Å². The lowest BCUT2D eigenvalue weighted by Crippen LogP contribution is -2.39. The molecule has 0 aliphatic carbocycles. The summed E-state index contributed by atoms with van der Waals surface area (Å²) in [4.78, 5) is 14.9. The number of nitrogens with two attached hydrogens (primary N) is 1. The van der Waals surface area contributed by atoms with Crippen LogP contribution in [0.15, 0.2) is 10.9 Å². The standard InChI is InChI=1S/C9H10F3N3O/c10-9(11,12)6-3-8(16)15-4-5(13)1-2-7(15)14-6/h3,5H,1-2,4,13H2. The van der Waals surface area contributed by atoms with E-state index in [1.165, 1.54) is 4.57 Å². The fourth-order valence-electron chi connectivity index (χ4n) is 1.73. The van der Waals surface area contributed by atoms with E-state index in [0.717, 1.165) is 0 Å². The van der Waals surface area contributed by atoms with Crippen molar-refractivity contribution in [3.63, 3.8) is 0 Å². The number of fused-ring (bicyclic) bond motifs is 1. The SMILES string of the molecule is NC1CCc2nc(C(F)(F)F)cc(=O)n2C1. The second kappa shape index (κ2) is 3.58. The highest BCUT2D eigenvalue weighted by atomic mass is 19.4. The van der Waals surface area contributed by atoms with Crippen molar-refractivity contribution in [2.75, 3.05) is 0 Å². The molecule has 1 unspecified atom stereocenters. The van der Waals surface area contributed by atoms with E-state index >= 15 is 0 Å². The Labute approximate surface area is 88.9 Å². The lowest BCUT2D eigenvalue weighted by atomic mass is 10.1. The molecule has 0 spiro atoms. The second-order valence-corrected chi connectivity index (χ2v) is 3.80. The van der Waals surface area contributed by atoms with Gasteiger partial charge in [-0.2, -0.15) is 13.2 Å². The van der Waals surface area contributed by atoms with E-state index < -0.39 is 17.4 Å². The van der Waals surface area contributed by atoms with Crippen LogP contribution < -0.4 is 11.3 Å². The summed E-state index contributed by atoms with van der Waals surface area (Å²) >= 11 is 0. The minimum atomic E-state index is -4.58. The molecule has 1 aliphatic heterocycles. The molecule has 7 heteroatoms. The van der Waals surface area contributed by atoms with E-state index in [1.807, 2.05) is 0 Å². The predicted octanol–water partition coefficient (Wildman–Crippen LogP) is 0.536. The molecule has 1 aromatic rings. The van der Waals surface area contributed by atoms with Crippen LogP contribution in [0, 0.1) is 0 Å². The van der Waals surface area contributed by atoms with Crippen molar-refractivity contribution in [1.29, 1.82) is 0 Å². The maximum Gasteiger partial charge on any atom is 0.433 e. The summed E-state index contributed by atoms with van der Waals surface area (Å²) in [7, 11) is 0. The fraction of sp³-hybridized carbons (Fsp3) is 0.556. The van der Waals surface area contributed by atoms with Crippen molar-refractivity contribution in [3.05, 3.63) is 27.9 Å². The molecule has 2 rings (SSSR count). The van der Waals surface area contributed by atoms with E-state index in [4.69, 9.17) is 5.73 Å². The summed E-state index contributed by atoms with van der Waals surface area (Å²) in [6.45, 7) is 0.235. The van der Waals surface area contributed by atoms with Gasteiger partial charge in [0, 0.05) is 25.1 Å². The number of halogens is 3. The molecule has 16 heavy (non-hydrogen) atoms. The van der Waals surface area contributed by atoms with Gasteiger partial charge in [0.1, 0.15) is 5.82 Å². The zero-order chi connectivity index (χ0) is 11.9. The van der Waals surface area contributed by atoms with Crippen LogP contribution in [0.25, 0.3) is 0 Å². The Balaban J connectivity index is 2.51. The topological polar surface area (TPSA) is 60.9 Å². The monoisotopic (exact) mass is 233 g/mol. The summed E-state index contributed by atoms with van der Waals surface area (Å²) < 4.78 is 38.3. The Morgan fingerprint density at radius 1 is 1.50 bits per heavy atom. The molecule has 1 atom stereocenters. The van der Waals surface area contributed by atoms with Crippen molar-refractivity contribution >= 4 is 0 Å². The maximum atomic E-state index is 12.4. The van der Waals surface area contributed by atoms with Gasteiger partial charge in [-0.15, -0.1) is 0 Å². The van der Waals surface area contributed by atoms with E-state index in [2.05, 4.69) is 4.98 Å². The van der Waals surface area contributed by atoms with E-state index in [0.29, 0.717) is 18.9 Å². The van der Waals surface area contributed by atoms with Crippen LogP contribution >= 0.6 is 0 Å². The van der Waals surface area contributed by atoms with Gasteiger partial charge in [-0.25, -0.2) is 4.98 Å². The predicted molar refractivity (Wildman–Crippen MR) is 49.8 cm³/mol. The van der Waals surface area contributed by atoms with Gasteiger partial charge in [-0.3, -0.25) is 9.36 Å². The maximum absolute atomic E-state index is 12.4. The molecule has 4 nitrogen and oxygen atoms in total. The first-order valence-electron chi connectivity index (χ1n) is 4.81. The van der Waals surface area contributed by atoms with Gasteiger partial charge in [-0.05, 0) is 6.42 Å². The molecule has 2 N–H and O–H groups in total. The number of hydrogen-bond acceptors (Lipinski definition) is 3. The molecule has 0 bridgehead atoms. The Kier molecular flexibility index (Phi) is 2.49. The van der Waals surface area contributed by atoms with Gasteiger partial charge in [0.05, 0.1) is 0 Å². The van der Waals surface area contributed by atoms with Crippen molar-refractivity contribution in [3.8, 4) is 0 Å². The zero-order valence-electron chi connectivity index (χ0n) is 8.29. The molecule has 1 aromatic heterocycles. The third kappa shape index (κ3) is 1.95. The first kappa shape index (κ1) is 11.1. The number of hydrogen-bond donors (Lipinski definition) is 1. The first-order valence-corrected chi connectivity index (χ1v) is 4.81. The van der Waals surface area contributed by atoms with Gasteiger partial charge in [0.15, 0.2) is 5.69 Å². The Morgan fingerprint density at radius 3 is 2.81 bits per heavy atom. The fourth-order valence-corrected chi connectivity index (χ4v) is 1.73. The number of alkyl halides is 3. The van der Waals surface area contributed by atoms with Crippen LogP contribution in [0.3, 0.4) is 0 Å². The summed E-state index contributed by atoms with van der Waals surface area (Å²) in [5.41, 5.74) is 3.82. The number of nitrogens with zero attached hydrogens (tertiary/aromatic N) is 2.